The maximum atomic E-state index is 13.4. The van der Waals surface area contributed by atoms with Crippen molar-refractivity contribution in [1.29, 1.82) is 0 Å². The van der Waals surface area contributed by atoms with Crippen LogP contribution in [-0.2, 0) is 0 Å². The molecule has 1 heterocycles. The Morgan fingerprint density at radius 3 is 2.73 bits per heavy atom. The Hall–Kier alpha value is -2.96. The monoisotopic (exact) mass is 357 g/mol. The van der Waals surface area contributed by atoms with E-state index in [1.165, 1.54) is 12.1 Å². The van der Waals surface area contributed by atoms with Crippen molar-refractivity contribution >= 4 is 17.3 Å². The van der Waals surface area contributed by atoms with E-state index in [1.54, 1.807) is 24.3 Å². The van der Waals surface area contributed by atoms with Crippen LogP contribution in [0, 0.1) is 15.9 Å². The zero-order valence-electron chi connectivity index (χ0n) is 14.2. The Morgan fingerprint density at radius 2 is 2.00 bits per heavy atom. The highest BCUT2D eigenvalue weighted by Gasteiger charge is 2.28. The summed E-state index contributed by atoms with van der Waals surface area (Å²) in [5.41, 5.74) is 0.726. The molecule has 0 spiro atoms. The van der Waals surface area contributed by atoms with E-state index in [-0.39, 0.29) is 17.6 Å². The highest BCUT2D eigenvalue weighted by atomic mass is 19.1. The quantitative estimate of drug-likeness (QED) is 0.656. The van der Waals surface area contributed by atoms with Crippen LogP contribution in [0.4, 0.5) is 15.8 Å². The zero-order chi connectivity index (χ0) is 18.5. The van der Waals surface area contributed by atoms with Gasteiger partial charge in [-0.25, -0.2) is 4.39 Å². The largest absolute Gasteiger partial charge is 0.361 e. The molecule has 7 heteroatoms. The van der Waals surface area contributed by atoms with Crippen LogP contribution in [0.2, 0.25) is 0 Å². The molecule has 1 saturated heterocycles. The van der Waals surface area contributed by atoms with E-state index >= 15 is 0 Å². The third-order valence-electron chi connectivity index (χ3n) is 4.60. The van der Waals surface area contributed by atoms with Crippen LogP contribution in [0.3, 0.4) is 0 Å². The lowest BCUT2D eigenvalue weighted by Gasteiger charge is -2.37. The number of carbonyl (C=O) groups is 1. The molecular formula is C19H20FN3O3. The molecule has 2 aromatic rings. The van der Waals surface area contributed by atoms with Crippen molar-refractivity contribution in [3.8, 4) is 0 Å². The van der Waals surface area contributed by atoms with Crippen LogP contribution < -0.4 is 10.2 Å². The number of anilines is 1. The summed E-state index contributed by atoms with van der Waals surface area (Å²) in [6, 6.07) is 12.5. The fourth-order valence-corrected chi connectivity index (χ4v) is 3.32. The fourth-order valence-electron chi connectivity index (χ4n) is 3.32. The highest BCUT2D eigenvalue weighted by Crippen LogP contribution is 2.33. The maximum Gasteiger partial charge on any atom is 0.295 e. The Bertz CT molecular complexity index is 798. The van der Waals surface area contributed by atoms with Gasteiger partial charge in [-0.2, -0.15) is 0 Å². The topological polar surface area (TPSA) is 75.5 Å². The van der Waals surface area contributed by atoms with Gasteiger partial charge in [0.15, 0.2) is 0 Å². The average molecular weight is 357 g/mol. The van der Waals surface area contributed by atoms with Crippen LogP contribution in [0.15, 0.2) is 48.5 Å². The van der Waals surface area contributed by atoms with Gasteiger partial charge in [0, 0.05) is 24.7 Å². The SMILES string of the molecule is O=C(NC[C@@H]1CCCCN1c1ccc(F)cc1[N+](=O)[O-])c1ccccc1. The smallest absolute Gasteiger partial charge is 0.295 e. The number of hydrogen-bond acceptors (Lipinski definition) is 4. The second-order valence-corrected chi connectivity index (χ2v) is 6.31. The first-order valence-corrected chi connectivity index (χ1v) is 8.60. The van der Waals surface area contributed by atoms with E-state index in [0.717, 1.165) is 25.3 Å². The Labute approximate surface area is 150 Å². The van der Waals surface area contributed by atoms with E-state index in [2.05, 4.69) is 5.32 Å². The van der Waals surface area contributed by atoms with Gasteiger partial charge >= 0.3 is 0 Å². The van der Waals surface area contributed by atoms with Crippen molar-refractivity contribution in [2.24, 2.45) is 0 Å². The maximum absolute atomic E-state index is 13.4. The average Bonchev–Trinajstić information content (AvgIpc) is 2.67. The molecule has 0 aliphatic carbocycles. The van der Waals surface area contributed by atoms with Crippen LogP contribution in [-0.4, -0.2) is 30.0 Å². The second kappa shape index (κ2) is 7.95. The minimum atomic E-state index is -0.633. The molecule has 0 unspecified atom stereocenters. The van der Waals surface area contributed by atoms with Crippen molar-refractivity contribution in [2.75, 3.05) is 18.0 Å². The van der Waals surface area contributed by atoms with E-state index in [4.69, 9.17) is 0 Å². The summed E-state index contributed by atoms with van der Waals surface area (Å²) in [7, 11) is 0. The lowest BCUT2D eigenvalue weighted by molar-refractivity contribution is -0.384. The summed E-state index contributed by atoms with van der Waals surface area (Å²) < 4.78 is 13.4. The highest BCUT2D eigenvalue weighted by molar-refractivity contribution is 5.94. The summed E-state index contributed by atoms with van der Waals surface area (Å²) in [6.07, 6.45) is 2.69. The number of benzene rings is 2. The summed E-state index contributed by atoms with van der Waals surface area (Å²) in [5, 5.41) is 14.2. The number of halogens is 1. The van der Waals surface area contributed by atoms with Gasteiger partial charge in [0.2, 0.25) is 0 Å². The number of nitrogens with one attached hydrogen (secondary N) is 1. The number of amides is 1. The van der Waals surface area contributed by atoms with Gasteiger partial charge in [-0.15, -0.1) is 0 Å². The minimum absolute atomic E-state index is 0.0689. The van der Waals surface area contributed by atoms with Gasteiger partial charge in [-0.05, 0) is 43.5 Å². The van der Waals surface area contributed by atoms with Gasteiger partial charge in [0.1, 0.15) is 11.5 Å². The molecule has 3 rings (SSSR count). The van der Waals surface area contributed by atoms with Crippen LogP contribution >= 0.6 is 0 Å². The number of rotatable bonds is 5. The zero-order valence-corrected chi connectivity index (χ0v) is 14.2. The molecule has 0 radical (unpaired) electrons. The molecule has 136 valence electrons. The van der Waals surface area contributed by atoms with Crippen molar-refractivity contribution < 1.29 is 14.1 Å². The lowest BCUT2D eigenvalue weighted by Crippen LogP contribution is -2.47. The number of hydrogen-bond donors (Lipinski definition) is 1. The fraction of sp³-hybridized carbons (Fsp3) is 0.316. The number of nitrogens with zero attached hydrogens (tertiary/aromatic N) is 2. The second-order valence-electron chi connectivity index (χ2n) is 6.31. The molecular weight excluding hydrogens is 337 g/mol. The summed E-state index contributed by atoms with van der Waals surface area (Å²) in [5.74, 6) is -0.809. The predicted octanol–water partition coefficient (Wildman–Crippen LogP) is 3.52. The normalized spacial score (nSPS) is 17.0. The first kappa shape index (κ1) is 17.8. The predicted molar refractivity (Wildman–Crippen MR) is 96.8 cm³/mol. The number of piperidine rings is 1. The molecule has 0 saturated carbocycles. The Kier molecular flexibility index (Phi) is 5.46. The van der Waals surface area contributed by atoms with Crippen molar-refractivity contribution in [3.63, 3.8) is 0 Å². The number of nitro benzene ring substituents is 1. The van der Waals surface area contributed by atoms with Gasteiger partial charge < -0.3 is 10.2 Å². The Morgan fingerprint density at radius 1 is 1.23 bits per heavy atom. The molecule has 1 N–H and O–H groups in total. The molecule has 1 aliphatic heterocycles. The molecule has 1 amide bonds. The standard InChI is InChI=1S/C19H20FN3O3/c20-15-9-10-17(18(12-15)23(25)26)22-11-5-4-8-16(22)13-21-19(24)14-6-2-1-3-7-14/h1-3,6-7,9-10,12,16H,4-5,8,11,13H2,(H,21,24)/t16-/m0/s1. The lowest BCUT2D eigenvalue weighted by atomic mass is 10.0. The van der Waals surface area contributed by atoms with E-state index in [9.17, 15) is 19.3 Å². The number of nitro groups is 1. The van der Waals surface area contributed by atoms with E-state index < -0.39 is 10.7 Å². The summed E-state index contributed by atoms with van der Waals surface area (Å²) >= 11 is 0. The van der Waals surface area contributed by atoms with Crippen LogP contribution in [0.5, 0.6) is 0 Å². The summed E-state index contributed by atoms with van der Waals surface area (Å²) in [4.78, 5) is 24.9. The molecule has 1 atom stereocenters. The molecule has 1 aliphatic rings. The molecule has 26 heavy (non-hydrogen) atoms. The van der Waals surface area contributed by atoms with Crippen molar-refractivity contribution in [2.45, 2.75) is 25.3 Å². The third-order valence-corrected chi connectivity index (χ3v) is 4.60. The van der Waals surface area contributed by atoms with E-state index in [0.29, 0.717) is 24.3 Å². The molecule has 2 aromatic carbocycles. The molecule has 0 aromatic heterocycles. The minimum Gasteiger partial charge on any atom is -0.361 e. The van der Waals surface area contributed by atoms with Gasteiger partial charge in [0.05, 0.1) is 11.0 Å². The molecule has 6 nitrogen and oxygen atoms in total. The van der Waals surface area contributed by atoms with E-state index in [1.807, 2.05) is 11.0 Å². The molecule has 1 fully saturated rings. The first-order chi connectivity index (χ1) is 12.6. The van der Waals surface area contributed by atoms with Gasteiger partial charge in [-0.3, -0.25) is 14.9 Å². The first-order valence-electron chi connectivity index (χ1n) is 8.60. The summed E-state index contributed by atoms with van der Waals surface area (Å²) in [6.45, 7) is 1.01. The van der Waals surface area contributed by atoms with Gasteiger partial charge in [0.25, 0.3) is 11.6 Å². The molecule has 0 bridgehead atoms. The van der Waals surface area contributed by atoms with Crippen LogP contribution in [0.1, 0.15) is 29.6 Å². The van der Waals surface area contributed by atoms with Crippen LogP contribution in [0.25, 0.3) is 0 Å². The van der Waals surface area contributed by atoms with Crippen molar-refractivity contribution in [3.05, 3.63) is 70.0 Å². The third kappa shape index (κ3) is 3.99. The van der Waals surface area contributed by atoms with Crippen molar-refractivity contribution in [1.82, 2.24) is 5.32 Å². The van der Waals surface area contributed by atoms with Gasteiger partial charge in [-0.1, -0.05) is 18.2 Å². The number of carbonyl (C=O) groups excluding carboxylic acids is 1. The Balaban J connectivity index is 1.76.